The van der Waals surface area contributed by atoms with E-state index in [9.17, 15) is 21.6 Å². The van der Waals surface area contributed by atoms with Crippen molar-refractivity contribution in [3.8, 4) is 0 Å². The summed E-state index contributed by atoms with van der Waals surface area (Å²) in [4.78, 5) is 8.19. The predicted molar refractivity (Wildman–Crippen MR) is 112 cm³/mol. The Bertz CT molecular complexity index is 1200. The zero-order valence-corrected chi connectivity index (χ0v) is 17.8. The van der Waals surface area contributed by atoms with Crippen LogP contribution in [0.3, 0.4) is 0 Å². The van der Waals surface area contributed by atoms with Crippen molar-refractivity contribution in [1.29, 1.82) is 0 Å². The maximum atomic E-state index is 12.6. The van der Waals surface area contributed by atoms with Gasteiger partial charge in [-0.25, -0.2) is 13.4 Å². The number of para-hydroxylation sites is 2. The highest BCUT2D eigenvalue weighted by Gasteiger charge is 2.29. The molecule has 3 aromatic rings. The van der Waals surface area contributed by atoms with Gasteiger partial charge in [-0.15, -0.1) is 0 Å². The van der Waals surface area contributed by atoms with Gasteiger partial charge in [0.05, 0.1) is 23.8 Å². The van der Waals surface area contributed by atoms with E-state index in [4.69, 9.17) is 11.6 Å². The van der Waals surface area contributed by atoms with E-state index in [2.05, 4.69) is 30.4 Å². The Balaban J connectivity index is 1.83. The van der Waals surface area contributed by atoms with Crippen LogP contribution in [0.2, 0.25) is 5.02 Å². The Kier molecular flexibility index (Phi) is 6.27. The summed E-state index contributed by atoms with van der Waals surface area (Å²) in [5.41, 5.74) is 0.952. The number of benzene rings is 1. The third kappa shape index (κ3) is 6.46. The second-order valence-corrected chi connectivity index (χ2v) is 8.66. The van der Waals surface area contributed by atoms with Gasteiger partial charge < -0.3 is 10.6 Å². The molecule has 9 nitrogen and oxygen atoms in total. The van der Waals surface area contributed by atoms with Crippen LogP contribution in [0.4, 0.5) is 42.1 Å². The third-order valence-electron chi connectivity index (χ3n) is 3.77. The zero-order valence-electron chi connectivity index (χ0n) is 16.2. The van der Waals surface area contributed by atoms with Crippen molar-refractivity contribution in [2.45, 2.75) is 19.6 Å². The van der Waals surface area contributed by atoms with Crippen LogP contribution in [0, 0.1) is 6.92 Å². The SMILES string of the molecule is Cc1cc(Nc2ncc(Cl)c(Nc3ccccc3NS(C)(=O)=O)n2)nn1CC(F)(F)F. The van der Waals surface area contributed by atoms with Gasteiger partial charge >= 0.3 is 6.18 Å². The Labute approximate surface area is 180 Å². The summed E-state index contributed by atoms with van der Waals surface area (Å²) in [6, 6.07) is 7.91. The molecule has 0 radical (unpaired) electrons. The molecular formula is C17H17ClF3N7O2S. The molecule has 0 fully saturated rings. The number of aryl methyl sites for hydroxylation is 1. The lowest BCUT2D eigenvalue weighted by Gasteiger charge is -2.13. The van der Waals surface area contributed by atoms with Gasteiger partial charge in [0.15, 0.2) is 11.6 Å². The van der Waals surface area contributed by atoms with E-state index in [0.717, 1.165) is 10.9 Å². The number of anilines is 5. The molecule has 2 heterocycles. The first-order valence-corrected chi connectivity index (χ1v) is 10.9. The summed E-state index contributed by atoms with van der Waals surface area (Å²) >= 11 is 6.14. The van der Waals surface area contributed by atoms with Crippen molar-refractivity contribution < 1.29 is 21.6 Å². The fraction of sp³-hybridized carbons (Fsp3) is 0.235. The molecule has 0 aliphatic heterocycles. The molecule has 166 valence electrons. The van der Waals surface area contributed by atoms with Gasteiger partial charge in [-0.2, -0.15) is 23.3 Å². The van der Waals surface area contributed by atoms with Gasteiger partial charge in [0.25, 0.3) is 0 Å². The van der Waals surface area contributed by atoms with E-state index in [1.165, 1.54) is 19.2 Å². The highest BCUT2D eigenvalue weighted by atomic mass is 35.5. The van der Waals surface area contributed by atoms with E-state index in [-0.39, 0.29) is 28.3 Å². The molecule has 0 saturated heterocycles. The Morgan fingerprint density at radius 3 is 2.48 bits per heavy atom. The fourth-order valence-corrected chi connectivity index (χ4v) is 3.25. The molecule has 0 aliphatic carbocycles. The molecule has 3 N–H and O–H groups in total. The predicted octanol–water partition coefficient (Wildman–Crippen LogP) is 4.06. The summed E-state index contributed by atoms with van der Waals surface area (Å²) in [5, 5.41) is 9.63. The summed E-state index contributed by atoms with van der Waals surface area (Å²) in [6.07, 6.45) is -2.11. The van der Waals surface area contributed by atoms with Crippen LogP contribution < -0.4 is 15.4 Å². The van der Waals surface area contributed by atoms with Crippen LogP contribution in [0.1, 0.15) is 5.69 Å². The molecule has 0 spiro atoms. The first kappa shape index (κ1) is 22.6. The summed E-state index contributed by atoms with van der Waals surface area (Å²) < 4.78 is 64.2. The average molecular weight is 476 g/mol. The topological polar surface area (TPSA) is 114 Å². The highest BCUT2D eigenvalue weighted by Crippen LogP contribution is 2.29. The van der Waals surface area contributed by atoms with Crippen molar-refractivity contribution in [2.75, 3.05) is 21.6 Å². The molecule has 0 amide bonds. The second-order valence-electron chi connectivity index (χ2n) is 6.50. The van der Waals surface area contributed by atoms with E-state index >= 15 is 0 Å². The summed E-state index contributed by atoms with van der Waals surface area (Å²) in [6.45, 7) is 0.268. The molecule has 14 heteroatoms. The quantitative estimate of drug-likeness (QED) is 0.472. The standard InChI is InChI=1S/C17H17ClF3N7O2S/c1-10-7-14(26-28(10)9-17(19,20)21)24-16-22-8-11(18)15(25-16)23-12-5-3-4-6-13(12)27-31(2,29)30/h3-8,27H,9H2,1-2H3,(H2,22,23,24,25,26). The first-order chi connectivity index (χ1) is 14.4. The normalized spacial score (nSPS) is 11.9. The molecule has 1 aromatic carbocycles. The Hall–Kier alpha value is -3.06. The van der Waals surface area contributed by atoms with Crippen molar-refractivity contribution in [3.05, 3.63) is 47.2 Å². The van der Waals surface area contributed by atoms with E-state index < -0.39 is 22.7 Å². The maximum absolute atomic E-state index is 12.6. The second kappa shape index (κ2) is 8.59. The Morgan fingerprint density at radius 1 is 1.16 bits per heavy atom. The number of sulfonamides is 1. The van der Waals surface area contributed by atoms with Crippen molar-refractivity contribution in [3.63, 3.8) is 0 Å². The van der Waals surface area contributed by atoms with Gasteiger partial charge in [-0.1, -0.05) is 23.7 Å². The fourth-order valence-electron chi connectivity index (χ4n) is 2.54. The lowest BCUT2D eigenvalue weighted by Crippen LogP contribution is -2.19. The monoisotopic (exact) mass is 475 g/mol. The molecule has 0 aliphatic rings. The zero-order chi connectivity index (χ0) is 22.8. The number of nitrogens with one attached hydrogen (secondary N) is 3. The number of hydrogen-bond donors (Lipinski definition) is 3. The first-order valence-electron chi connectivity index (χ1n) is 8.64. The minimum atomic E-state index is -4.41. The van der Waals surface area contributed by atoms with Crippen LogP contribution in [0.5, 0.6) is 0 Å². The molecule has 0 atom stereocenters. The van der Waals surface area contributed by atoms with Crippen molar-refractivity contribution in [2.24, 2.45) is 0 Å². The average Bonchev–Trinajstić information content (AvgIpc) is 2.95. The Morgan fingerprint density at radius 2 is 1.84 bits per heavy atom. The van der Waals surface area contributed by atoms with E-state index in [1.807, 2.05) is 0 Å². The molecule has 0 bridgehead atoms. The maximum Gasteiger partial charge on any atom is 0.408 e. The molecule has 2 aromatic heterocycles. The number of halogens is 4. The molecule has 31 heavy (non-hydrogen) atoms. The van der Waals surface area contributed by atoms with E-state index in [0.29, 0.717) is 11.4 Å². The number of hydrogen-bond acceptors (Lipinski definition) is 7. The van der Waals surface area contributed by atoms with Crippen molar-refractivity contribution in [1.82, 2.24) is 19.7 Å². The largest absolute Gasteiger partial charge is 0.408 e. The van der Waals surface area contributed by atoms with Gasteiger partial charge in [0.1, 0.15) is 11.6 Å². The highest BCUT2D eigenvalue weighted by molar-refractivity contribution is 7.92. The van der Waals surface area contributed by atoms with Gasteiger partial charge in [0, 0.05) is 11.8 Å². The van der Waals surface area contributed by atoms with Gasteiger partial charge in [0.2, 0.25) is 16.0 Å². The van der Waals surface area contributed by atoms with Gasteiger partial charge in [-0.05, 0) is 19.1 Å². The number of aromatic nitrogens is 4. The van der Waals surface area contributed by atoms with Gasteiger partial charge in [-0.3, -0.25) is 9.40 Å². The number of alkyl halides is 3. The van der Waals surface area contributed by atoms with Crippen molar-refractivity contribution >= 4 is 50.6 Å². The minimum absolute atomic E-state index is 0.0251. The molecule has 0 unspecified atom stereocenters. The molecular weight excluding hydrogens is 459 g/mol. The minimum Gasteiger partial charge on any atom is -0.337 e. The van der Waals surface area contributed by atoms with Crippen LogP contribution in [-0.4, -0.2) is 40.6 Å². The molecule has 0 saturated carbocycles. The van der Waals surface area contributed by atoms with Crippen LogP contribution in [-0.2, 0) is 16.6 Å². The smallest absolute Gasteiger partial charge is 0.337 e. The lowest BCUT2D eigenvalue weighted by atomic mass is 10.2. The summed E-state index contributed by atoms with van der Waals surface area (Å²) in [7, 11) is -3.52. The molecule has 3 rings (SSSR count). The summed E-state index contributed by atoms with van der Waals surface area (Å²) in [5.74, 6) is 0.291. The van der Waals surface area contributed by atoms with Crippen LogP contribution >= 0.6 is 11.6 Å². The number of nitrogens with zero attached hydrogens (tertiary/aromatic N) is 4. The number of rotatable bonds is 7. The van der Waals surface area contributed by atoms with Crippen LogP contribution in [0.15, 0.2) is 36.5 Å². The van der Waals surface area contributed by atoms with E-state index in [1.54, 1.807) is 24.3 Å². The third-order valence-corrected chi connectivity index (χ3v) is 4.64. The lowest BCUT2D eigenvalue weighted by molar-refractivity contribution is -0.142. The van der Waals surface area contributed by atoms with Crippen LogP contribution in [0.25, 0.3) is 0 Å².